The average Bonchev–Trinajstić information content (AvgIpc) is 2.09. The molecule has 88 valence electrons. The van der Waals surface area contributed by atoms with Crippen LogP contribution in [0.25, 0.3) is 0 Å². The molecule has 0 atom stereocenters. The lowest BCUT2D eigenvalue weighted by atomic mass is 10.2. The van der Waals surface area contributed by atoms with Gasteiger partial charge < -0.3 is 14.8 Å². The lowest BCUT2D eigenvalue weighted by Gasteiger charge is -2.27. The Morgan fingerprint density at radius 1 is 1.44 bits per heavy atom. The van der Waals surface area contributed by atoms with E-state index in [0.29, 0.717) is 12.1 Å². The Bertz CT molecular complexity index is 364. The maximum absolute atomic E-state index is 5.48. The summed E-state index contributed by atoms with van der Waals surface area (Å²) in [6.07, 6.45) is 0.0849. The normalized spacial score (nSPS) is 16.0. The van der Waals surface area contributed by atoms with Crippen molar-refractivity contribution in [3.63, 3.8) is 0 Å². The van der Waals surface area contributed by atoms with Gasteiger partial charge in [0, 0.05) is 11.8 Å². The number of nitrogens with zero attached hydrogens (tertiary/aromatic N) is 2. The second-order valence-electron chi connectivity index (χ2n) is 4.22. The lowest BCUT2D eigenvalue weighted by Crippen LogP contribution is -2.40. The standard InChI is InChI=1S/C11H17N3O2/c1-7(2)16-11-12-8(3)4-10(14-11)13-9-5-15-6-9/h4,7,9H,5-6H2,1-3H3,(H,12,13,14). The average molecular weight is 223 g/mol. The van der Waals surface area contributed by atoms with E-state index in [-0.39, 0.29) is 6.10 Å². The van der Waals surface area contributed by atoms with Gasteiger partial charge in [-0.2, -0.15) is 4.98 Å². The molecule has 2 rings (SSSR count). The third-order valence-electron chi connectivity index (χ3n) is 2.16. The van der Waals surface area contributed by atoms with Crippen molar-refractivity contribution in [2.75, 3.05) is 18.5 Å². The second-order valence-corrected chi connectivity index (χ2v) is 4.22. The molecule has 0 radical (unpaired) electrons. The van der Waals surface area contributed by atoms with E-state index in [9.17, 15) is 0 Å². The van der Waals surface area contributed by atoms with Gasteiger partial charge in [0.05, 0.1) is 25.4 Å². The molecule has 0 saturated carbocycles. The number of rotatable bonds is 4. The molecular weight excluding hydrogens is 206 g/mol. The van der Waals surface area contributed by atoms with E-state index in [1.807, 2.05) is 26.8 Å². The van der Waals surface area contributed by atoms with Crippen molar-refractivity contribution >= 4 is 5.82 Å². The van der Waals surface area contributed by atoms with Crippen LogP contribution in [0.3, 0.4) is 0 Å². The van der Waals surface area contributed by atoms with Gasteiger partial charge in [0.25, 0.3) is 0 Å². The Morgan fingerprint density at radius 2 is 2.19 bits per heavy atom. The molecule has 2 heterocycles. The van der Waals surface area contributed by atoms with E-state index in [1.165, 1.54) is 0 Å². The van der Waals surface area contributed by atoms with Gasteiger partial charge in [-0.15, -0.1) is 0 Å². The SMILES string of the molecule is Cc1cc(NC2COC2)nc(OC(C)C)n1. The number of anilines is 1. The van der Waals surface area contributed by atoms with Crippen molar-refractivity contribution in [2.24, 2.45) is 0 Å². The Balaban J connectivity index is 2.08. The molecule has 1 aliphatic rings. The van der Waals surface area contributed by atoms with Gasteiger partial charge in [-0.05, 0) is 20.8 Å². The minimum absolute atomic E-state index is 0.0849. The van der Waals surface area contributed by atoms with Crippen LogP contribution >= 0.6 is 0 Å². The number of nitrogens with one attached hydrogen (secondary N) is 1. The molecule has 0 aromatic carbocycles. The highest BCUT2D eigenvalue weighted by Gasteiger charge is 2.18. The van der Waals surface area contributed by atoms with Crippen LogP contribution < -0.4 is 10.1 Å². The molecular formula is C11H17N3O2. The first-order valence-corrected chi connectivity index (χ1v) is 5.50. The summed E-state index contributed by atoms with van der Waals surface area (Å²) in [6.45, 7) is 7.32. The molecule has 0 spiro atoms. The fourth-order valence-electron chi connectivity index (χ4n) is 1.41. The number of aromatic nitrogens is 2. The lowest BCUT2D eigenvalue weighted by molar-refractivity contribution is 0.0209. The minimum atomic E-state index is 0.0849. The molecule has 0 aliphatic carbocycles. The van der Waals surface area contributed by atoms with Crippen LogP contribution in [-0.4, -0.2) is 35.3 Å². The largest absolute Gasteiger partial charge is 0.461 e. The Labute approximate surface area is 95.2 Å². The number of hydrogen-bond acceptors (Lipinski definition) is 5. The number of aryl methyl sites for hydroxylation is 1. The van der Waals surface area contributed by atoms with Crippen molar-refractivity contribution in [2.45, 2.75) is 32.9 Å². The zero-order valence-corrected chi connectivity index (χ0v) is 9.86. The van der Waals surface area contributed by atoms with Crippen LogP contribution in [0.1, 0.15) is 19.5 Å². The number of ether oxygens (including phenoxy) is 2. The van der Waals surface area contributed by atoms with Crippen molar-refractivity contribution in [1.82, 2.24) is 9.97 Å². The topological polar surface area (TPSA) is 56.3 Å². The highest BCUT2D eigenvalue weighted by molar-refractivity contribution is 5.38. The molecule has 5 nitrogen and oxygen atoms in total. The summed E-state index contributed by atoms with van der Waals surface area (Å²) in [5.74, 6) is 0.802. The summed E-state index contributed by atoms with van der Waals surface area (Å²) in [5.41, 5.74) is 0.897. The minimum Gasteiger partial charge on any atom is -0.461 e. The van der Waals surface area contributed by atoms with Gasteiger partial charge >= 0.3 is 6.01 Å². The Kier molecular flexibility index (Phi) is 3.24. The first-order valence-electron chi connectivity index (χ1n) is 5.50. The van der Waals surface area contributed by atoms with Crippen LogP contribution in [0.4, 0.5) is 5.82 Å². The van der Waals surface area contributed by atoms with Gasteiger partial charge in [-0.3, -0.25) is 0 Å². The summed E-state index contributed by atoms with van der Waals surface area (Å²) in [7, 11) is 0. The van der Waals surface area contributed by atoms with E-state index in [1.54, 1.807) is 0 Å². The molecule has 5 heteroatoms. The van der Waals surface area contributed by atoms with Crippen LogP contribution in [-0.2, 0) is 4.74 Å². The second kappa shape index (κ2) is 4.65. The molecule has 0 unspecified atom stereocenters. The molecule has 1 N–H and O–H groups in total. The van der Waals surface area contributed by atoms with E-state index in [2.05, 4.69) is 15.3 Å². The van der Waals surface area contributed by atoms with Crippen molar-refractivity contribution in [3.8, 4) is 6.01 Å². The maximum Gasteiger partial charge on any atom is 0.318 e. The quantitative estimate of drug-likeness (QED) is 0.835. The van der Waals surface area contributed by atoms with E-state index in [0.717, 1.165) is 24.7 Å². The fourth-order valence-corrected chi connectivity index (χ4v) is 1.41. The van der Waals surface area contributed by atoms with E-state index in [4.69, 9.17) is 9.47 Å². The Hall–Kier alpha value is -1.36. The van der Waals surface area contributed by atoms with Gasteiger partial charge in [0.15, 0.2) is 0 Å². The molecule has 1 saturated heterocycles. The molecule has 0 amide bonds. The molecule has 16 heavy (non-hydrogen) atoms. The van der Waals surface area contributed by atoms with Gasteiger partial charge in [-0.1, -0.05) is 0 Å². The predicted molar refractivity (Wildman–Crippen MR) is 60.8 cm³/mol. The van der Waals surface area contributed by atoms with Crippen LogP contribution in [0.5, 0.6) is 6.01 Å². The van der Waals surface area contributed by atoms with Crippen LogP contribution in [0, 0.1) is 6.92 Å². The van der Waals surface area contributed by atoms with Gasteiger partial charge in [-0.25, -0.2) is 4.98 Å². The zero-order chi connectivity index (χ0) is 11.5. The molecule has 0 bridgehead atoms. The highest BCUT2D eigenvalue weighted by Crippen LogP contribution is 2.15. The van der Waals surface area contributed by atoms with E-state index < -0.39 is 0 Å². The van der Waals surface area contributed by atoms with Crippen LogP contribution in [0.15, 0.2) is 6.07 Å². The van der Waals surface area contributed by atoms with Gasteiger partial charge in [0.2, 0.25) is 0 Å². The first kappa shape index (κ1) is 11.1. The third-order valence-corrected chi connectivity index (χ3v) is 2.16. The molecule has 1 aliphatic heterocycles. The van der Waals surface area contributed by atoms with E-state index >= 15 is 0 Å². The maximum atomic E-state index is 5.48. The van der Waals surface area contributed by atoms with Crippen molar-refractivity contribution < 1.29 is 9.47 Å². The first-order chi connectivity index (χ1) is 7.63. The summed E-state index contributed by atoms with van der Waals surface area (Å²) < 4.78 is 10.6. The molecule has 1 aromatic heterocycles. The fraction of sp³-hybridized carbons (Fsp3) is 0.636. The predicted octanol–water partition coefficient (Wildman–Crippen LogP) is 1.38. The summed E-state index contributed by atoms with van der Waals surface area (Å²) in [5, 5.41) is 3.28. The zero-order valence-electron chi connectivity index (χ0n) is 9.86. The third kappa shape index (κ3) is 2.82. The van der Waals surface area contributed by atoms with Crippen LogP contribution in [0.2, 0.25) is 0 Å². The molecule has 1 fully saturated rings. The molecule has 1 aromatic rings. The van der Waals surface area contributed by atoms with Crippen molar-refractivity contribution in [3.05, 3.63) is 11.8 Å². The Morgan fingerprint density at radius 3 is 2.75 bits per heavy atom. The smallest absolute Gasteiger partial charge is 0.318 e. The summed E-state index contributed by atoms with van der Waals surface area (Å²) in [6, 6.07) is 2.70. The summed E-state index contributed by atoms with van der Waals surface area (Å²) in [4.78, 5) is 8.52. The monoisotopic (exact) mass is 223 g/mol. The van der Waals surface area contributed by atoms with Crippen molar-refractivity contribution in [1.29, 1.82) is 0 Å². The highest BCUT2D eigenvalue weighted by atomic mass is 16.5. The van der Waals surface area contributed by atoms with Gasteiger partial charge in [0.1, 0.15) is 5.82 Å². The summed E-state index contributed by atoms with van der Waals surface area (Å²) >= 11 is 0. The number of hydrogen-bond donors (Lipinski definition) is 1.